The molecule has 2 unspecified atom stereocenters. The van der Waals surface area contributed by atoms with Gasteiger partial charge in [0.2, 0.25) is 5.56 Å². The predicted octanol–water partition coefficient (Wildman–Crippen LogP) is 6.92. The number of aliphatic hydroxyl groups is 1. The van der Waals surface area contributed by atoms with Gasteiger partial charge < -0.3 is 44.8 Å². The first kappa shape index (κ1) is 42.9. The van der Waals surface area contributed by atoms with Crippen LogP contribution < -0.4 is 25.7 Å². The number of alkyl carbamates (subject to hydrolysis) is 1. The number of halogens is 1. The molecule has 3 aliphatic heterocycles. The van der Waals surface area contributed by atoms with Crippen LogP contribution in [0.2, 0.25) is 0 Å². The zero-order valence-electron chi connectivity index (χ0n) is 34.5. The van der Waals surface area contributed by atoms with Crippen LogP contribution in [0.5, 0.6) is 17.2 Å². The number of rotatable bonds is 17. The van der Waals surface area contributed by atoms with Gasteiger partial charge in [-0.15, -0.1) is 0 Å². The van der Waals surface area contributed by atoms with Crippen molar-refractivity contribution in [1.82, 2.24) is 20.5 Å². The molecule has 1 aromatic heterocycles. The van der Waals surface area contributed by atoms with Gasteiger partial charge in [-0.2, -0.15) is 0 Å². The van der Waals surface area contributed by atoms with Crippen LogP contribution in [-0.4, -0.2) is 77.7 Å². The molecule has 0 aliphatic carbocycles. The molecule has 326 valence electrons. The van der Waals surface area contributed by atoms with Crippen LogP contribution in [0, 0.1) is 11.7 Å². The van der Waals surface area contributed by atoms with Gasteiger partial charge >= 0.3 is 12.1 Å². The Kier molecular flexibility index (Phi) is 13.6. The number of hydrogen-bond donors (Lipinski definition) is 5. The zero-order valence-corrected chi connectivity index (χ0v) is 34.5. The molecular weight excluding hydrogens is 808 g/mol. The number of piperidine rings is 3. The number of fused-ring (bicyclic) bond motifs is 4. The van der Waals surface area contributed by atoms with Gasteiger partial charge in [0.05, 0.1) is 23.2 Å². The summed E-state index contributed by atoms with van der Waals surface area (Å²) < 4.78 is 37.9. The molecule has 63 heavy (non-hydrogen) atoms. The maximum Gasteiger partial charge on any atom is 0.408 e. The number of esters is 1. The lowest BCUT2D eigenvalue weighted by Gasteiger charge is -2.43. The summed E-state index contributed by atoms with van der Waals surface area (Å²) in [5.74, 6) is -0.221. The molecule has 3 atom stereocenters. The minimum absolute atomic E-state index is 0.00305. The van der Waals surface area contributed by atoms with Gasteiger partial charge in [-0.3, -0.25) is 9.69 Å². The highest BCUT2D eigenvalue weighted by Gasteiger charge is 2.37. The number of benzene rings is 5. The Morgan fingerprint density at radius 1 is 0.841 bits per heavy atom. The second-order valence-corrected chi connectivity index (χ2v) is 15.8. The number of phenolic OH excluding ortho intramolecular Hbond substituents is 1. The van der Waals surface area contributed by atoms with E-state index in [2.05, 4.69) is 20.5 Å². The number of H-pyrrole nitrogens is 1. The number of carbonyl (C=O) groups is 2. The maximum absolute atomic E-state index is 14.9. The molecule has 4 heterocycles. The predicted molar refractivity (Wildman–Crippen MR) is 233 cm³/mol. The van der Waals surface area contributed by atoms with E-state index in [9.17, 15) is 29.0 Å². The third-order valence-electron chi connectivity index (χ3n) is 11.5. The Morgan fingerprint density at radius 2 is 1.62 bits per heavy atom. The average Bonchev–Trinajstić information content (AvgIpc) is 3.30. The van der Waals surface area contributed by atoms with Crippen molar-refractivity contribution in [2.45, 2.75) is 44.2 Å². The lowest BCUT2D eigenvalue weighted by atomic mass is 9.86. The van der Waals surface area contributed by atoms with Gasteiger partial charge in [-0.25, -0.2) is 14.0 Å². The molecule has 3 fully saturated rings. The first-order valence-electron chi connectivity index (χ1n) is 21.0. The highest BCUT2D eigenvalue weighted by atomic mass is 19.1. The molecular formula is C49H49FN4O9. The number of nitrogens with one attached hydrogen (secondary N) is 3. The number of nitrogens with zero attached hydrogens (tertiary/aromatic N) is 1. The number of aliphatic hydroxyl groups excluding tert-OH is 1. The number of aromatic hydroxyl groups is 1. The van der Waals surface area contributed by atoms with E-state index in [-0.39, 0.29) is 61.6 Å². The molecule has 9 rings (SSSR count). The topological polar surface area (TPSA) is 172 Å². The van der Waals surface area contributed by atoms with E-state index < -0.39 is 30.0 Å². The summed E-state index contributed by atoms with van der Waals surface area (Å²) in [7, 11) is 0. The summed E-state index contributed by atoms with van der Waals surface area (Å²) >= 11 is 0. The number of ether oxygens (including phenoxy) is 4. The Hall–Kier alpha value is -6.74. The van der Waals surface area contributed by atoms with Crippen LogP contribution in [0.15, 0.2) is 126 Å². The molecule has 0 spiro atoms. The Labute approximate surface area is 363 Å². The molecule has 5 aromatic carbocycles. The van der Waals surface area contributed by atoms with Gasteiger partial charge in [0, 0.05) is 31.1 Å². The lowest BCUT2D eigenvalue weighted by Crippen LogP contribution is -2.52. The molecule has 5 N–H and O–H groups in total. The van der Waals surface area contributed by atoms with E-state index in [0.29, 0.717) is 33.7 Å². The second kappa shape index (κ2) is 20.0. The van der Waals surface area contributed by atoms with Crippen molar-refractivity contribution in [2.24, 2.45) is 5.92 Å². The number of aromatic nitrogens is 1. The van der Waals surface area contributed by atoms with Crippen LogP contribution in [0.1, 0.15) is 63.2 Å². The minimum atomic E-state index is -0.960. The molecule has 1 amide bonds. The Bertz CT molecular complexity index is 2580. The van der Waals surface area contributed by atoms with Gasteiger partial charge in [0.15, 0.2) is 11.6 Å². The lowest BCUT2D eigenvalue weighted by molar-refractivity contribution is -0.0336. The van der Waals surface area contributed by atoms with E-state index in [4.69, 9.17) is 18.9 Å². The molecule has 0 saturated carbocycles. The highest BCUT2D eigenvalue weighted by Crippen LogP contribution is 2.32. The summed E-state index contributed by atoms with van der Waals surface area (Å²) in [4.78, 5) is 42.6. The molecule has 2 bridgehead atoms. The standard InChI is InChI=1S/C49H49FN4O9/c50-40-25-32(27-51-28-42(56)38-14-16-41(55)47-39(38)15-18-45(57)52-47)11-17-43(40)60-23-24-61-48(58)35-12-9-31(10-13-35)30-62-37-8-4-7-36(26-37)46(34-5-2-1-3-6-34)53-49(59)63-44-29-54-21-19-33(44)20-22-54/h1-18,25-26,33,42,44,46,51,55-56H,19-24,27-30H2,(H,52,57)(H,53,59)/t42?,44-,46?/m0/s1. The van der Waals surface area contributed by atoms with E-state index in [1.165, 1.54) is 24.3 Å². The van der Waals surface area contributed by atoms with Gasteiger partial charge in [0.25, 0.3) is 0 Å². The van der Waals surface area contributed by atoms with Crippen molar-refractivity contribution in [3.8, 4) is 17.2 Å². The highest BCUT2D eigenvalue weighted by molar-refractivity contribution is 5.89. The van der Waals surface area contributed by atoms with Crippen molar-refractivity contribution in [3.63, 3.8) is 0 Å². The van der Waals surface area contributed by atoms with E-state index in [0.717, 1.165) is 49.2 Å². The Morgan fingerprint density at radius 3 is 2.38 bits per heavy atom. The normalized spacial score (nSPS) is 17.7. The van der Waals surface area contributed by atoms with Crippen LogP contribution >= 0.6 is 0 Å². The fraction of sp³-hybridized carbons (Fsp3) is 0.286. The van der Waals surface area contributed by atoms with Crippen LogP contribution in [0.4, 0.5) is 9.18 Å². The second-order valence-electron chi connectivity index (χ2n) is 15.8. The molecule has 3 aliphatic rings. The first-order chi connectivity index (χ1) is 30.7. The quantitative estimate of drug-likeness (QED) is 0.0477. The molecule has 3 saturated heterocycles. The van der Waals surface area contributed by atoms with Crippen LogP contribution in [0.25, 0.3) is 10.9 Å². The minimum Gasteiger partial charge on any atom is -0.506 e. The SMILES string of the molecule is O=C(NC(c1ccccc1)c1cccc(OCc2ccc(C(=O)OCCOc3ccc(CNCC(O)c4ccc(O)c5[nH]c(=O)ccc45)cc3F)cc2)c1)O[C@H]1CN2CCC1CC2. The van der Waals surface area contributed by atoms with Crippen molar-refractivity contribution in [2.75, 3.05) is 39.4 Å². The van der Waals surface area contributed by atoms with Crippen LogP contribution in [-0.2, 0) is 22.6 Å². The van der Waals surface area contributed by atoms with E-state index >= 15 is 0 Å². The van der Waals surface area contributed by atoms with Crippen molar-refractivity contribution in [1.29, 1.82) is 0 Å². The smallest absolute Gasteiger partial charge is 0.408 e. The molecule has 14 heteroatoms. The summed E-state index contributed by atoms with van der Waals surface area (Å²) in [5, 5.41) is 27.6. The van der Waals surface area contributed by atoms with Gasteiger partial charge in [-0.1, -0.05) is 66.7 Å². The summed E-state index contributed by atoms with van der Waals surface area (Å²) in [6, 6.07) is 34.1. The largest absolute Gasteiger partial charge is 0.506 e. The van der Waals surface area contributed by atoms with Gasteiger partial charge in [-0.05, 0) is 108 Å². The maximum atomic E-state index is 14.9. The summed E-state index contributed by atoms with van der Waals surface area (Å²) in [6.45, 7) is 3.36. The number of pyridine rings is 1. The molecule has 0 radical (unpaired) electrons. The monoisotopic (exact) mass is 856 g/mol. The number of hydrogen-bond acceptors (Lipinski definition) is 11. The van der Waals surface area contributed by atoms with E-state index in [1.807, 2.05) is 54.6 Å². The summed E-state index contributed by atoms with van der Waals surface area (Å²) in [5.41, 5.74) is 3.93. The molecule has 13 nitrogen and oxygen atoms in total. The first-order valence-corrected chi connectivity index (χ1v) is 21.0. The van der Waals surface area contributed by atoms with Crippen LogP contribution in [0.3, 0.4) is 0 Å². The van der Waals surface area contributed by atoms with Gasteiger partial charge in [0.1, 0.15) is 37.4 Å². The third-order valence-corrected chi connectivity index (χ3v) is 11.5. The number of phenols is 1. The Balaban J connectivity index is 0.773. The van der Waals surface area contributed by atoms with Crippen molar-refractivity contribution >= 4 is 23.0 Å². The fourth-order valence-corrected chi connectivity index (χ4v) is 8.18. The molecule has 6 aromatic rings. The van der Waals surface area contributed by atoms with Crippen molar-refractivity contribution < 1.29 is 43.1 Å². The zero-order chi connectivity index (χ0) is 43.7. The van der Waals surface area contributed by atoms with E-state index in [1.54, 1.807) is 42.5 Å². The average molecular weight is 857 g/mol. The fourth-order valence-electron chi connectivity index (χ4n) is 8.18. The third kappa shape index (κ3) is 10.8. The number of amides is 1. The summed E-state index contributed by atoms with van der Waals surface area (Å²) in [6.07, 6.45) is 0.598. The number of carbonyl (C=O) groups excluding carboxylic acids is 2. The van der Waals surface area contributed by atoms with Crippen molar-refractivity contribution in [3.05, 3.63) is 171 Å². The number of aromatic amines is 1.